The first-order valence-electron chi connectivity index (χ1n) is 7.66. The van der Waals surface area contributed by atoms with Crippen molar-refractivity contribution in [1.82, 2.24) is 14.9 Å². The fourth-order valence-electron chi connectivity index (χ4n) is 2.30. The average Bonchev–Trinajstić information content (AvgIpc) is 2.59. The predicted octanol–water partition coefficient (Wildman–Crippen LogP) is 0.469. The molecule has 0 spiro atoms. The van der Waals surface area contributed by atoms with Gasteiger partial charge in [-0.25, -0.2) is 8.42 Å². The number of sulfonamides is 1. The molecule has 1 aromatic rings. The molecule has 2 N–H and O–H groups in total. The molecule has 0 unspecified atom stereocenters. The van der Waals surface area contributed by atoms with E-state index < -0.39 is 10.0 Å². The summed E-state index contributed by atoms with van der Waals surface area (Å²) in [5.41, 5.74) is 0.351. The number of morpholine rings is 1. The molecule has 0 bridgehead atoms. The van der Waals surface area contributed by atoms with Crippen molar-refractivity contribution in [2.75, 3.05) is 46.4 Å². The van der Waals surface area contributed by atoms with Crippen LogP contribution in [0.25, 0.3) is 0 Å². The molecule has 1 amide bonds. The minimum atomic E-state index is -3.58. The SMILES string of the molecule is CNCCCNC(=O)c1cccc(S(=O)(=O)N2CCOCC2)c1.Cl. The Bertz CT molecular complexity index is 633. The van der Waals surface area contributed by atoms with E-state index in [9.17, 15) is 13.2 Å². The summed E-state index contributed by atoms with van der Waals surface area (Å²) in [6.07, 6.45) is 0.813. The largest absolute Gasteiger partial charge is 0.379 e. The summed E-state index contributed by atoms with van der Waals surface area (Å²) in [6.45, 7) is 2.81. The second-order valence-corrected chi connectivity index (χ2v) is 7.20. The number of carbonyl (C=O) groups excluding carboxylic acids is 1. The third kappa shape index (κ3) is 5.42. The maximum absolute atomic E-state index is 12.6. The van der Waals surface area contributed by atoms with Gasteiger partial charge in [-0.15, -0.1) is 12.4 Å². The van der Waals surface area contributed by atoms with Gasteiger partial charge in [0.1, 0.15) is 0 Å². The molecule has 7 nitrogen and oxygen atoms in total. The Labute approximate surface area is 149 Å². The van der Waals surface area contributed by atoms with Crippen LogP contribution in [-0.2, 0) is 14.8 Å². The second kappa shape index (κ2) is 9.95. The van der Waals surface area contributed by atoms with Crippen LogP contribution in [0.2, 0.25) is 0 Å². The quantitative estimate of drug-likeness (QED) is 0.674. The first-order chi connectivity index (χ1) is 11.1. The van der Waals surface area contributed by atoms with Crippen molar-refractivity contribution in [1.29, 1.82) is 0 Å². The highest BCUT2D eigenvalue weighted by Gasteiger charge is 2.26. The van der Waals surface area contributed by atoms with Gasteiger partial charge in [0.2, 0.25) is 10.0 Å². The van der Waals surface area contributed by atoms with Crippen molar-refractivity contribution in [3.05, 3.63) is 29.8 Å². The van der Waals surface area contributed by atoms with E-state index in [1.54, 1.807) is 12.1 Å². The number of halogens is 1. The zero-order valence-electron chi connectivity index (χ0n) is 13.7. The Kier molecular flexibility index (Phi) is 8.65. The van der Waals surface area contributed by atoms with E-state index in [0.717, 1.165) is 13.0 Å². The lowest BCUT2D eigenvalue weighted by atomic mass is 10.2. The van der Waals surface area contributed by atoms with Crippen LogP contribution in [0.1, 0.15) is 16.8 Å². The average molecular weight is 378 g/mol. The summed E-state index contributed by atoms with van der Waals surface area (Å²) < 4.78 is 31.8. The molecule has 1 fully saturated rings. The fourth-order valence-corrected chi connectivity index (χ4v) is 3.76. The lowest BCUT2D eigenvalue weighted by Gasteiger charge is -2.26. The third-order valence-corrected chi connectivity index (χ3v) is 5.49. The van der Waals surface area contributed by atoms with Crippen molar-refractivity contribution < 1.29 is 17.9 Å². The molecule has 0 aliphatic carbocycles. The van der Waals surface area contributed by atoms with Crippen LogP contribution < -0.4 is 10.6 Å². The molecule has 1 saturated heterocycles. The van der Waals surface area contributed by atoms with Gasteiger partial charge in [-0.2, -0.15) is 4.31 Å². The van der Waals surface area contributed by atoms with Crippen LogP contribution >= 0.6 is 12.4 Å². The highest BCUT2D eigenvalue weighted by Crippen LogP contribution is 2.18. The molecule has 0 aromatic heterocycles. The van der Waals surface area contributed by atoms with Crippen LogP contribution in [0.5, 0.6) is 0 Å². The van der Waals surface area contributed by atoms with Gasteiger partial charge < -0.3 is 15.4 Å². The number of hydrogen-bond donors (Lipinski definition) is 2. The van der Waals surface area contributed by atoms with Gasteiger partial charge in [0.25, 0.3) is 5.91 Å². The number of nitrogens with one attached hydrogen (secondary N) is 2. The summed E-state index contributed by atoms with van der Waals surface area (Å²) in [5.74, 6) is -0.264. The lowest BCUT2D eigenvalue weighted by molar-refractivity contribution is 0.0730. The van der Waals surface area contributed by atoms with Crippen molar-refractivity contribution in [2.24, 2.45) is 0 Å². The molecule has 0 atom stereocenters. The number of ether oxygens (including phenoxy) is 1. The van der Waals surface area contributed by atoms with E-state index in [0.29, 0.717) is 38.4 Å². The monoisotopic (exact) mass is 377 g/mol. The zero-order chi connectivity index (χ0) is 16.7. The highest BCUT2D eigenvalue weighted by molar-refractivity contribution is 7.89. The number of benzene rings is 1. The Morgan fingerprint density at radius 1 is 1.25 bits per heavy atom. The van der Waals surface area contributed by atoms with Crippen molar-refractivity contribution in [3.63, 3.8) is 0 Å². The van der Waals surface area contributed by atoms with E-state index in [1.807, 2.05) is 7.05 Å². The van der Waals surface area contributed by atoms with E-state index in [2.05, 4.69) is 10.6 Å². The van der Waals surface area contributed by atoms with Gasteiger partial charge in [-0.05, 0) is 38.2 Å². The second-order valence-electron chi connectivity index (χ2n) is 5.26. The minimum Gasteiger partial charge on any atom is -0.379 e. The molecular weight excluding hydrogens is 354 g/mol. The summed E-state index contributed by atoms with van der Waals surface area (Å²) in [4.78, 5) is 12.2. The van der Waals surface area contributed by atoms with Crippen molar-refractivity contribution >= 4 is 28.3 Å². The first-order valence-corrected chi connectivity index (χ1v) is 9.10. The van der Waals surface area contributed by atoms with Gasteiger partial charge in [-0.3, -0.25) is 4.79 Å². The molecule has 24 heavy (non-hydrogen) atoms. The Balaban J connectivity index is 0.00000288. The topological polar surface area (TPSA) is 87.7 Å². The Hall–Kier alpha value is -1.19. The Morgan fingerprint density at radius 2 is 1.96 bits per heavy atom. The number of carbonyl (C=O) groups is 1. The zero-order valence-corrected chi connectivity index (χ0v) is 15.3. The van der Waals surface area contributed by atoms with E-state index in [1.165, 1.54) is 16.4 Å². The van der Waals surface area contributed by atoms with E-state index >= 15 is 0 Å². The van der Waals surface area contributed by atoms with Crippen LogP contribution in [-0.4, -0.2) is 65.1 Å². The van der Waals surface area contributed by atoms with Gasteiger partial charge in [0.05, 0.1) is 18.1 Å². The van der Waals surface area contributed by atoms with Crippen LogP contribution in [0.4, 0.5) is 0 Å². The van der Waals surface area contributed by atoms with Crippen LogP contribution in [0.3, 0.4) is 0 Å². The molecule has 0 radical (unpaired) electrons. The highest BCUT2D eigenvalue weighted by atomic mass is 35.5. The molecule has 2 rings (SSSR count). The molecule has 0 saturated carbocycles. The predicted molar refractivity (Wildman–Crippen MR) is 94.1 cm³/mol. The number of amides is 1. The minimum absolute atomic E-state index is 0. The summed E-state index contributed by atoms with van der Waals surface area (Å²) in [7, 11) is -1.73. The lowest BCUT2D eigenvalue weighted by Crippen LogP contribution is -2.40. The normalized spacial score (nSPS) is 15.5. The van der Waals surface area contributed by atoms with Crippen molar-refractivity contribution in [2.45, 2.75) is 11.3 Å². The standard InChI is InChI=1S/C15H23N3O4S.ClH/c1-16-6-3-7-17-15(19)13-4-2-5-14(12-13)23(20,21)18-8-10-22-11-9-18;/h2,4-5,12,16H,3,6-11H2,1H3,(H,17,19);1H. The number of rotatable bonds is 7. The van der Waals surface area contributed by atoms with Crippen LogP contribution in [0, 0.1) is 0 Å². The summed E-state index contributed by atoms with van der Waals surface area (Å²) in [6, 6.07) is 6.16. The summed E-state index contributed by atoms with van der Waals surface area (Å²) >= 11 is 0. The number of hydrogen-bond acceptors (Lipinski definition) is 5. The van der Waals surface area contributed by atoms with E-state index in [4.69, 9.17) is 4.74 Å². The van der Waals surface area contributed by atoms with Gasteiger partial charge >= 0.3 is 0 Å². The van der Waals surface area contributed by atoms with Gasteiger partial charge in [0, 0.05) is 25.2 Å². The summed E-state index contributed by atoms with van der Waals surface area (Å²) in [5, 5.41) is 5.78. The smallest absolute Gasteiger partial charge is 0.251 e. The maximum Gasteiger partial charge on any atom is 0.251 e. The molecule has 1 aromatic carbocycles. The fraction of sp³-hybridized carbons (Fsp3) is 0.533. The van der Waals surface area contributed by atoms with Crippen LogP contribution in [0.15, 0.2) is 29.2 Å². The van der Waals surface area contributed by atoms with E-state index in [-0.39, 0.29) is 23.2 Å². The van der Waals surface area contributed by atoms with Gasteiger partial charge in [0.15, 0.2) is 0 Å². The molecule has 1 heterocycles. The first kappa shape index (κ1) is 20.9. The number of nitrogens with zero attached hydrogens (tertiary/aromatic N) is 1. The molecule has 136 valence electrons. The molecular formula is C15H24ClN3O4S. The third-order valence-electron chi connectivity index (χ3n) is 3.59. The molecule has 9 heteroatoms. The molecule has 1 aliphatic rings. The van der Waals surface area contributed by atoms with Gasteiger partial charge in [-0.1, -0.05) is 6.07 Å². The molecule has 1 aliphatic heterocycles. The van der Waals surface area contributed by atoms with Crippen molar-refractivity contribution in [3.8, 4) is 0 Å². The maximum atomic E-state index is 12.6. The Morgan fingerprint density at radius 3 is 2.62 bits per heavy atom.